The topological polar surface area (TPSA) is 152 Å². The summed E-state index contributed by atoms with van der Waals surface area (Å²) in [5.41, 5.74) is 6.37. The number of likely N-dealkylation sites (N-methyl/N-ethyl adjacent to an activating group) is 1. The molecule has 0 aliphatic carbocycles. The maximum atomic E-state index is 13.8. The second kappa shape index (κ2) is 17.5. The van der Waals surface area contributed by atoms with Gasteiger partial charge in [-0.2, -0.15) is 0 Å². The molecule has 5 aromatic rings. The Morgan fingerprint density at radius 2 is 1.69 bits per heavy atom. The van der Waals surface area contributed by atoms with E-state index in [1.54, 1.807) is 42.5 Å². The minimum atomic E-state index is -3.63. The maximum Gasteiger partial charge on any atom is 0.257 e. The number of hydrogen-bond acceptors (Lipinski definition) is 10. The van der Waals surface area contributed by atoms with Crippen molar-refractivity contribution in [2.45, 2.75) is 39.5 Å². The lowest BCUT2D eigenvalue weighted by molar-refractivity contribution is 0.0338. The number of ether oxygens (including phenoxy) is 3. The van der Waals surface area contributed by atoms with Gasteiger partial charge in [0.05, 0.1) is 56.1 Å². The zero-order valence-electron chi connectivity index (χ0n) is 34.4. The van der Waals surface area contributed by atoms with Crippen molar-refractivity contribution in [1.29, 1.82) is 0 Å². The molecule has 13 nitrogen and oxygen atoms in total. The van der Waals surface area contributed by atoms with Crippen LogP contribution in [0.25, 0.3) is 22.0 Å². The van der Waals surface area contributed by atoms with Gasteiger partial charge in [-0.05, 0) is 88.7 Å². The third-order valence-corrected chi connectivity index (χ3v) is 10.8. The van der Waals surface area contributed by atoms with E-state index < -0.39 is 10.0 Å². The van der Waals surface area contributed by atoms with Gasteiger partial charge in [-0.25, -0.2) is 18.4 Å². The van der Waals surface area contributed by atoms with E-state index in [0.29, 0.717) is 41.4 Å². The molecular weight excluding hydrogens is 757 g/mol. The molecule has 1 saturated heterocycles. The number of sulfonamides is 1. The first kappa shape index (κ1) is 42.0. The smallest absolute Gasteiger partial charge is 0.257 e. The van der Waals surface area contributed by atoms with E-state index in [2.05, 4.69) is 19.9 Å². The Labute approximate surface area is 340 Å². The molecule has 14 heteroatoms. The Kier molecular flexibility index (Phi) is 12.7. The van der Waals surface area contributed by atoms with Gasteiger partial charge in [0.15, 0.2) is 5.75 Å². The average Bonchev–Trinajstić information content (AvgIpc) is 3.19. The van der Waals surface area contributed by atoms with Gasteiger partial charge in [0.2, 0.25) is 10.0 Å². The van der Waals surface area contributed by atoms with Gasteiger partial charge in [0.1, 0.15) is 11.6 Å². The van der Waals surface area contributed by atoms with Crippen molar-refractivity contribution >= 4 is 44.1 Å². The molecule has 6 rings (SSSR count). The van der Waals surface area contributed by atoms with E-state index in [0.717, 1.165) is 77.8 Å². The minimum absolute atomic E-state index is 0.0972. The van der Waals surface area contributed by atoms with Crippen molar-refractivity contribution < 1.29 is 32.2 Å². The minimum Gasteiger partial charge on any atom is -0.496 e. The number of fused-ring (bicyclic) bond motifs is 1. The second-order valence-electron chi connectivity index (χ2n) is 15.7. The molecule has 0 saturated carbocycles. The number of nitrogens with zero attached hydrogens (tertiary/aromatic N) is 4. The van der Waals surface area contributed by atoms with Crippen LogP contribution in [0.1, 0.15) is 64.0 Å². The molecule has 0 atom stereocenters. The highest BCUT2D eigenvalue weighted by Gasteiger charge is 2.23. The van der Waals surface area contributed by atoms with Gasteiger partial charge in [-0.15, -0.1) is 0 Å². The number of nitrogens with one attached hydrogen (secondary N) is 2. The molecule has 4 aromatic carbocycles. The predicted molar refractivity (Wildman–Crippen MR) is 228 cm³/mol. The predicted octanol–water partition coefficient (Wildman–Crippen LogP) is 6.54. The molecule has 58 heavy (non-hydrogen) atoms. The number of rotatable bonds is 13. The van der Waals surface area contributed by atoms with Gasteiger partial charge in [0.25, 0.3) is 11.8 Å². The van der Waals surface area contributed by atoms with Crippen molar-refractivity contribution in [2.24, 2.45) is 0 Å². The molecule has 0 unspecified atom stereocenters. The number of carbonyl (C=O) groups is 2. The molecule has 0 bridgehead atoms. The van der Waals surface area contributed by atoms with Crippen LogP contribution in [0.15, 0.2) is 72.9 Å². The number of amides is 2. The summed E-state index contributed by atoms with van der Waals surface area (Å²) in [5, 5.41) is 3.79. The molecule has 0 radical (unpaired) electrons. The number of morpholine rings is 1. The van der Waals surface area contributed by atoms with Crippen LogP contribution >= 0.6 is 0 Å². The van der Waals surface area contributed by atoms with Crippen molar-refractivity contribution in [3.8, 4) is 22.6 Å². The maximum absolute atomic E-state index is 13.8. The molecule has 2 amide bonds. The first-order valence-corrected chi connectivity index (χ1v) is 21.0. The largest absolute Gasteiger partial charge is 0.496 e. The molecule has 1 aliphatic rings. The van der Waals surface area contributed by atoms with Gasteiger partial charge in [0, 0.05) is 56.8 Å². The van der Waals surface area contributed by atoms with Crippen molar-refractivity contribution in [2.75, 3.05) is 77.0 Å². The van der Waals surface area contributed by atoms with Crippen LogP contribution in [-0.4, -0.2) is 107 Å². The third kappa shape index (κ3) is 10.1. The summed E-state index contributed by atoms with van der Waals surface area (Å²) < 4.78 is 43.6. The molecule has 1 fully saturated rings. The van der Waals surface area contributed by atoms with Crippen LogP contribution in [-0.2, 0) is 26.6 Å². The van der Waals surface area contributed by atoms with E-state index in [-0.39, 0.29) is 28.7 Å². The van der Waals surface area contributed by atoms with E-state index in [1.165, 1.54) is 7.11 Å². The van der Waals surface area contributed by atoms with E-state index in [1.807, 2.05) is 77.2 Å². The molecule has 1 aromatic heterocycles. The average molecular weight is 809 g/mol. The van der Waals surface area contributed by atoms with Gasteiger partial charge in [-0.1, -0.05) is 39.0 Å². The molecule has 1 aliphatic heterocycles. The van der Waals surface area contributed by atoms with Crippen molar-refractivity contribution in [1.82, 2.24) is 19.8 Å². The Morgan fingerprint density at radius 1 is 0.948 bits per heavy atom. The fourth-order valence-corrected chi connectivity index (χ4v) is 7.42. The SMILES string of the molecule is COc1cc(Cc2ncc3cc(-c4cc(C(=O)Nc5cc(C(C)(C)C)cc(NS(C)(=O)=O)c5OC)ccc4C)ccc3n2)ccc1C(=O)N(C)CCN1CCOCC1. The number of carbonyl (C=O) groups excluding carboxylic acids is 2. The fourth-order valence-electron chi connectivity index (χ4n) is 6.87. The number of anilines is 2. The second-order valence-corrected chi connectivity index (χ2v) is 17.4. The first-order chi connectivity index (χ1) is 27.5. The summed E-state index contributed by atoms with van der Waals surface area (Å²) >= 11 is 0. The third-order valence-electron chi connectivity index (χ3n) is 10.2. The van der Waals surface area contributed by atoms with Crippen LogP contribution in [0.5, 0.6) is 11.5 Å². The number of aromatic nitrogens is 2. The summed E-state index contributed by atoms with van der Waals surface area (Å²) in [6.45, 7) is 12.6. The summed E-state index contributed by atoms with van der Waals surface area (Å²) in [6.07, 6.45) is 3.31. The van der Waals surface area contributed by atoms with E-state index in [4.69, 9.17) is 19.2 Å². The summed E-state index contributed by atoms with van der Waals surface area (Å²) in [4.78, 5) is 40.7. The lowest BCUT2D eigenvalue weighted by atomic mass is 9.86. The van der Waals surface area contributed by atoms with Crippen LogP contribution in [0.2, 0.25) is 0 Å². The Bertz CT molecular complexity index is 2440. The van der Waals surface area contributed by atoms with Gasteiger partial charge < -0.3 is 24.4 Å². The Hall–Kier alpha value is -5.57. The van der Waals surface area contributed by atoms with Crippen molar-refractivity contribution in [3.63, 3.8) is 0 Å². The lowest BCUT2D eigenvalue weighted by Gasteiger charge is -2.28. The molecule has 2 N–H and O–H groups in total. The number of benzene rings is 4. The zero-order valence-corrected chi connectivity index (χ0v) is 35.2. The summed E-state index contributed by atoms with van der Waals surface area (Å²) in [7, 11) is 1.18. The number of hydrogen-bond donors (Lipinski definition) is 2. The molecule has 2 heterocycles. The molecule has 0 spiro atoms. The van der Waals surface area contributed by atoms with Crippen LogP contribution < -0.4 is 19.5 Å². The Balaban J connectivity index is 1.19. The first-order valence-electron chi connectivity index (χ1n) is 19.1. The molecule has 306 valence electrons. The highest BCUT2D eigenvalue weighted by Crippen LogP contribution is 2.39. The van der Waals surface area contributed by atoms with Gasteiger partial charge >= 0.3 is 0 Å². The quantitative estimate of drug-likeness (QED) is 0.134. The van der Waals surface area contributed by atoms with E-state index in [9.17, 15) is 18.0 Å². The van der Waals surface area contributed by atoms with E-state index >= 15 is 0 Å². The van der Waals surface area contributed by atoms with Crippen LogP contribution in [0, 0.1) is 6.92 Å². The number of aryl methyl sites for hydroxylation is 1. The summed E-state index contributed by atoms with van der Waals surface area (Å²) in [6, 6.07) is 20.5. The normalized spacial score (nSPS) is 13.6. The van der Waals surface area contributed by atoms with Crippen molar-refractivity contribution in [3.05, 3.63) is 107 Å². The lowest BCUT2D eigenvalue weighted by Crippen LogP contribution is -2.42. The standard InChI is InChI=1S/C44H52N6O7S/c1-28-9-11-31(42(51)47-37-25-33(44(2,3)4)26-38(41(37)56-7)48-58(8,53)54)24-35(28)30-12-14-36-32(23-30)27-45-40(46-36)22-29-10-13-34(39(21-29)55-6)43(52)49(5)15-16-50-17-19-57-20-18-50/h9-14,21,23-27,48H,15-20,22H2,1-8H3,(H,47,51). The van der Waals surface area contributed by atoms with Crippen LogP contribution in [0.3, 0.4) is 0 Å². The Morgan fingerprint density at radius 3 is 2.38 bits per heavy atom. The fraction of sp³-hybridized carbons (Fsp3) is 0.364. The summed E-state index contributed by atoms with van der Waals surface area (Å²) in [5.74, 6) is 0.857. The monoisotopic (exact) mass is 808 g/mol. The highest BCUT2D eigenvalue weighted by molar-refractivity contribution is 7.92. The van der Waals surface area contributed by atoms with Gasteiger partial charge in [-0.3, -0.25) is 19.2 Å². The molecular formula is C44H52N6O7S. The number of methoxy groups -OCH3 is 2. The highest BCUT2D eigenvalue weighted by atomic mass is 32.2. The zero-order chi connectivity index (χ0) is 41.8. The van der Waals surface area contributed by atoms with Crippen LogP contribution in [0.4, 0.5) is 11.4 Å².